The predicted octanol–water partition coefficient (Wildman–Crippen LogP) is 3.51. The molecule has 4 nitrogen and oxygen atoms in total. The Kier molecular flexibility index (Phi) is 6.64. The molecule has 7 heteroatoms. The first-order valence-corrected chi connectivity index (χ1v) is 8.38. The highest BCUT2D eigenvalue weighted by molar-refractivity contribution is 9.10. The number of carbonyl (C=O) groups excluding carboxylic acids is 2. The zero-order chi connectivity index (χ0) is 18.4. The third-order valence-electron chi connectivity index (χ3n) is 3.59. The van der Waals surface area contributed by atoms with Crippen LogP contribution in [0.2, 0.25) is 0 Å². The van der Waals surface area contributed by atoms with Gasteiger partial charge in [0.05, 0.1) is 5.56 Å². The lowest BCUT2D eigenvalue weighted by Crippen LogP contribution is -2.32. The highest BCUT2D eigenvalue weighted by atomic mass is 79.9. The molecule has 0 radical (unpaired) electrons. The van der Waals surface area contributed by atoms with Crippen LogP contribution in [0.4, 0.5) is 8.78 Å². The fourth-order valence-corrected chi connectivity index (χ4v) is 2.62. The number of benzene rings is 2. The van der Waals surface area contributed by atoms with Crippen molar-refractivity contribution in [3.05, 3.63) is 69.7 Å². The van der Waals surface area contributed by atoms with Crippen LogP contribution >= 0.6 is 15.9 Å². The fourth-order valence-electron chi connectivity index (χ4n) is 2.21. The largest absolute Gasteiger partial charge is 0.351 e. The molecule has 0 heterocycles. The number of amides is 2. The van der Waals surface area contributed by atoms with E-state index in [0.29, 0.717) is 12.6 Å². The van der Waals surface area contributed by atoms with E-state index in [-0.39, 0.29) is 24.4 Å². The standard InChI is InChI=1S/C18H17BrF2N2O2/c1-23(11-12-4-2-3-5-15(12)19)17(24)8-9-22-18(25)14-7-6-13(20)10-16(14)21/h2-7,10H,8-9,11H2,1H3,(H,22,25). The third-order valence-corrected chi connectivity index (χ3v) is 4.36. The number of rotatable bonds is 6. The number of carbonyl (C=O) groups is 2. The maximum Gasteiger partial charge on any atom is 0.254 e. The maximum atomic E-state index is 13.5. The Morgan fingerprint density at radius 2 is 1.88 bits per heavy atom. The lowest BCUT2D eigenvalue weighted by molar-refractivity contribution is -0.130. The number of nitrogens with zero attached hydrogens (tertiary/aromatic N) is 1. The van der Waals surface area contributed by atoms with Gasteiger partial charge in [-0.3, -0.25) is 9.59 Å². The topological polar surface area (TPSA) is 49.4 Å². The molecule has 0 aliphatic carbocycles. The number of hydrogen-bond acceptors (Lipinski definition) is 2. The summed E-state index contributed by atoms with van der Waals surface area (Å²) in [5, 5.41) is 2.46. The Bertz CT molecular complexity index is 783. The van der Waals surface area contributed by atoms with Crippen molar-refractivity contribution >= 4 is 27.7 Å². The third kappa shape index (κ3) is 5.35. The molecule has 2 aromatic rings. The predicted molar refractivity (Wildman–Crippen MR) is 93.9 cm³/mol. The van der Waals surface area contributed by atoms with E-state index in [1.165, 1.54) is 0 Å². The summed E-state index contributed by atoms with van der Waals surface area (Å²) < 4.78 is 27.3. The molecular weight excluding hydrogens is 394 g/mol. The lowest BCUT2D eigenvalue weighted by atomic mass is 10.2. The van der Waals surface area contributed by atoms with Crippen LogP contribution in [0.15, 0.2) is 46.9 Å². The van der Waals surface area contributed by atoms with Crippen LogP contribution in [0.25, 0.3) is 0 Å². The van der Waals surface area contributed by atoms with Crippen LogP contribution in [0.3, 0.4) is 0 Å². The van der Waals surface area contributed by atoms with Crippen molar-refractivity contribution in [2.24, 2.45) is 0 Å². The summed E-state index contributed by atoms with van der Waals surface area (Å²) in [6.45, 7) is 0.496. The van der Waals surface area contributed by atoms with Crippen LogP contribution in [0.5, 0.6) is 0 Å². The molecule has 0 spiro atoms. The number of halogens is 3. The maximum absolute atomic E-state index is 13.5. The first-order valence-electron chi connectivity index (χ1n) is 7.59. The number of hydrogen-bond donors (Lipinski definition) is 1. The van der Waals surface area contributed by atoms with Gasteiger partial charge in [0.15, 0.2) is 0 Å². The minimum absolute atomic E-state index is 0.0643. The first-order chi connectivity index (χ1) is 11.9. The molecule has 1 N–H and O–H groups in total. The van der Waals surface area contributed by atoms with Crippen LogP contribution in [-0.4, -0.2) is 30.3 Å². The summed E-state index contributed by atoms with van der Waals surface area (Å²) in [4.78, 5) is 25.5. The van der Waals surface area contributed by atoms with Gasteiger partial charge >= 0.3 is 0 Å². The van der Waals surface area contributed by atoms with Gasteiger partial charge in [-0.1, -0.05) is 34.1 Å². The number of nitrogens with one attached hydrogen (secondary N) is 1. The van der Waals surface area contributed by atoms with Crippen molar-refractivity contribution in [2.45, 2.75) is 13.0 Å². The lowest BCUT2D eigenvalue weighted by Gasteiger charge is -2.18. The normalized spacial score (nSPS) is 10.4. The van der Waals surface area contributed by atoms with Crippen molar-refractivity contribution in [3.8, 4) is 0 Å². The van der Waals surface area contributed by atoms with Crippen molar-refractivity contribution in [1.82, 2.24) is 10.2 Å². The molecule has 0 atom stereocenters. The Labute approximate surface area is 153 Å². The van der Waals surface area contributed by atoms with Gasteiger partial charge in [0.2, 0.25) is 5.91 Å². The van der Waals surface area contributed by atoms with Gasteiger partial charge in [0.25, 0.3) is 5.91 Å². The molecule has 0 unspecified atom stereocenters. The first kappa shape index (κ1) is 19.1. The zero-order valence-electron chi connectivity index (χ0n) is 13.6. The van der Waals surface area contributed by atoms with E-state index in [2.05, 4.69) is 21.2 Å². The van der Waals surface area contributed by atoms with E-state index < -0.39 is 17.5 Å². The fraction of sp³-hybridized carbons (Fsp3) is 0.222. The van der Waals surface area contributed by atoms with Gasteiger partial charge in [0, 0.05) is 37.1 Å². The van der Waals surface area contributed by atoms with E-state index in [1.54, 1.807) is 11.9 Å². The monoisotopic (exact) mass is 410 g/mol. The van der Waals surface area contributed by atoms with Crippen molar-refractivity contribution in [2.75, 3.05) is 13.6 Å². The smallest absolute Gasteiger partial charge is 0.254 e. The van der Waals surface area contributed by atoms with Gasteiger partial charge < -0.3 is 10.2 Å². The molecular formula is C18H17BrF2N2O2. The van der Waals surface area contributed by atoms with Gasteiger partial charge in [-0.25, -0.2) is 8.78 Å². The second-order valence-corrected chi connectivity index (χ2v) is 6.33. The molecule has 25 heavy (non-hydrogen) atoms. The van der Waals surface area contributed by atoms with E-state index in [0.717, 1.165) is 22.2 Å². The van der Waals surface area contributed by atoms with Crippen LogP contribution in [0.1, 0.15) is 22.3 Å². The van der Waals surface area contributed by atoms with E-state index in [4.69, 9.17) is 0 Å². The van der Waals surface area contributed by atoms with Crippen LogP contribution in [-0.2, 0) is 11.3 Å². The highest BCUT2D eigenvalue weighted by Gasteiger charge is 2.14. The summed E-state index contributed by atoms with van der Waals surface area (Å²) in [7, 11) is 1.67. The Hall–Kier alpha value is -2.28. The average Bonchev–Trinajstić information content (AvgIpc) is 2.56. The Morgan fingerprint density at radius 3 is 2.56 bits per heavy atom. The molecule has 2 aromatic carbocycles. The molecule has 0 saturated heterocycles. The van der Waals surface area contributed by atoms with Crippen molar-refractivity contribution < 1.29 is 18.4 Å². The summed E-state index contributed by atoms with van der Waals surface area (Å²) in [5.74, 6) is -2.53. The average molecular weight is 411 g/mol. The van der Waals surface area contributed by atoms with Crippen molar-refractivity contribution in [1.29, 1.82) is 0 Å². The van der Waals surface area contributed by atoms with Gasteiger partial charge in [-0.05, 0) is 23.8 Å². The molecule has 2 rings (SSSR count). The molecule has 2 amide bonds. The molecule has 0 fully saturated rings. The summed E-state index contributed by atoms with van der Waals surface area (Å²) in [6.07, 6.45) is 0.0789. The molecule has 0 aromatic heterocycles. The van der Waals surface area contributed by atoms with E-state index in [1.807, 2.05) is 24.3 Å². The molecule has 0 aliphatic rings. The quantitative estimate of drug-likeness (QED) is 0.791. The second-order valence-electron chi connectivity index (χ2n) is 5.47. The summed E-state index contributed by atoms with van der Waals surface area (Å²) >= 11 is 3.43. The zero-order valence-corrected chi connectivity index (χ0v) is 15.1. The van der Waals surface area contributed by atoms with Crippen LogP contribution < -0.4 is 5.32 Å². The van der Waals surface area contributed by atoms with Crippen molar-refractivity contribution in [3.63, 3.8) is 0 Å². The minimum Gasteiger partial charge on any atom is -0.351 e. The van der Waals surface area contributed by atoms with Gasteiger partial charge in [-0.15, -0.1) is 0 Å². The second kappa shape index (κ2) is 8.71. The van der Waals surface area contributed by atoms with Crippen LogP contribution in [0, 0.1) is 11.6 Å². The minimum atomic E-state index is -0.935. The van der Waals surface area contributed by atoms with E-state index >= 15 is 0 Å². The highest BCUT2D eigenvalue weighted by Crippen LogP contribution is 2.17. The molecule has 0 bridgehead atoms. The summed E-state index contributed by atoms with van der Waals surface area (Å²) in [6, 6.07) is 10.3. The van der Waals surface area contributed by atoms with Gasteiger partial charge in [0.1, 0.15) is 11.6 Å². The molecule has 0 saturated carbocycles. The molecule has 0 aliphatic heterocycles. The Morgan fingerprint density at radius 1 is 1.16 bits per heavy atom. The van der Waals surface area contributed by atoms with Gasteiger partial charge in [-0.2, -0.15) is 0 Å². The summed E-state index contributed by atoms with van der Waals surface area (Å²) in [5.41, 5.74) is 0.714. The van der Waals surface area contributed by atoms with E-state index in [9.17, 15) is 18.4 Å². The Balaban J connectivity index is 1.83. The SMILES string of the molecule is CN(Cc1ccccc1Br)C(=O)CCNC(=O)c1ccc(F)cc1F. The molecule has 132 valence electrons.